The molecule has 6 rings (SSSR count). The van der Waals surface area contributed by atoms with E-state index in [1.165, 1.54) is 0 Å². The topological polar surface area (TPSA) is 96.2 Å². The molecule has 4 saturated carbocycles. The molecule has 6 aliphatic rings. The number of rotatable bonds is 1. The summed E-state index contributed by atoms with van der Waals surface area (Å²) in [7, 11) is 0. The number of ketones is 1. The van der Waals surface area contributed by atoms with Crippen LogP contribution in [0.5, 0.6) is 0 Å². The third-order valence-electron chi connectivity index (χ3n) is 12.8. The fourth-order valence-corrected chi connectivity index (χ4v) is 10.7. The van der Waals surface area contributed by atoms with Crippen molar-refractivity contribution >= 4 is 5.78 Å². The second-order valence-electron chi connectivity index (χ2n) is 14.4. The molecule has 0 aromatic rings. The molecule has 3 N–H and O–H groups in total. The smallest absolute Gasteiger partial charge is 0.195 e. The summed E-state index contributed by atoms with van der Waals surface area (Å²) in [6.07, 6.45) is 6.26. The molecule has 1 spiro atoms. The predicted octanol–water partition coefficient (Wildman–Crippen LogP) is 4.04. The first-order valence-corrected chi connectivity index (χ1v) is 14.2. The first-order chi connectivity index (χ1) is 16.2. The van der Waals surface area contributed by atoms with Crippen molar-refractivity contribution in [2.45, 2.75) is 122 Å². The molecule has 6 nitrogen and oxygen atoms in total. The Morgan fingerprint density at radius 2 is 1.69 bits per heavy atom. The van der Waals surface area contributed by atoms with Gasteiger partial charge in [0.15, 0.2) is 11.6 Å². The molecular weight excluding hydrogens is 444 g/mol. The molecule has 2 unspecified atom stereocenters. The number of Topliss-reactive ketones (excluding diaryl/α,β-unsaturated/α-hetero) is 1. The minimum absolute atomic E-state index is 0.0180. The van der Waals surface area contributed by atoms with Gasteiger partial charge in [0.05, 0.1) is 12.2 Å². The van der Waals surface area contributed by atoms with Crippen LogP contribution < -0.4 is 0 Å². The van der Waals surface area contributed by atoms with Crippen LogP contribution >= 0.6 is 0 Å². The Bertz CT molecular complexity index is 917. The maximum absolute atomic E-state index is 13.7. The third-order valence-corrected chi connectivity index (χ3v) is 12.8. The molecule has 0 amide bonds. The van der Waals surface area contributed by atoms with Crippen molar-refractivity contribution in [3.8, 4) is 0 Å². The van der Waals surface area contributed by atoms with Gasteiger partial charge in [-0.1, -0.05) is 34.6 Å². The number of aliphatic hydroxyl groups is 3. The average molecular weight is 491 g/mol. The minimum Gasteiger partial charge on any atom is -0.393 e. The highest BCUT2D eigenvalue weighted by atomic mass is 16.8. The lowest BCUT2D eigenvalue weighted by atomic mass is 9.44. The van der Waals surface area contributed by atoms with E-state index in [4.69, 9.17) is 9.47 Å². The van der Waals surface area contributed by atoms with Crippen molar-refractivity contribution < 1.29 is 29.6 Å². The maximum atomic E-state index is 13.7. The molecule has 0 bridgehead atoms. The summed E-state index contributed by atoms with van der Waals surface area (Å²) in [5.41, 5.74) is -1.24. The molecule has 4 aliphatic carbocycles. The number of hydrogen-bond donors (Lipinski definition) is 3. The van der Waals surface area contributed by atoms with Crippen LogP contribution in [0.1, 0.15) is 92.9 Å². The highest BCUT2D eigenvalue weighted by Gasteiger charge is 2.75. The van der Waals surface area contributed by atoms with Gasteiger partial charge in [-0.05, 0) is 85.9 Å². The van der Waals surface area contributed by atoms with Crippen LogP contribution in [0.4, 0.5) is 0 Å². The molecule has 6 heteroatoms. The van der Waals surface area contributed by atoms with Crippen LogP contribution in [-0.4, -0.2) is 50.5 Å². The molecule has 2 aliphatic heterocycles. The molecule has 2 saturated heterocycles. The Labute approximate surface area is 210 Å². The fourth-order valence-electron chi connectivity index (χ4n) is 10.7. The van der Waals surface area contributed by atoms with Crippen LogP contribution in [-0.2, 0) is 14.3 Å². The summed E-state index contributed by atoms with van der Waals surface area (Å²) in [5.74, 6) is -1.05. The van der Waals surface area contributed by atoms with Gasteiger partial charge in [0.2, 0.25) is 0 Å². The van der Waals surface area contributed by atoms with E-state index >= 15 is 0 Å². The highest BCUT2D eigenvalue weighted by Crippen LogP contribution is 2.72. The van der Waals surface area contributed by atoms with Crippen molar-refractivity contribution in [1.82, 2.24) is 0 Å². The largest absolute Gasteiger partial charge is 0.393 e. The summed E-state index contributed by atoms with van der Waals surface area (Å²) in [4.78, 5) is 13.7. The number of carbonyl (C=O) groups is 1. The monoisotopic (exact) mass is 490 g/mol. The molecule has 2 heterocycles. The van der Waals surface area contributed by atoms with Crippen molar-refractivity contribution in [2.24, 2.45) is 52.3 Å². The van der Waals surface area contributed by atoms with Gasteiger partial charge in [-0.2, -0.15) is 0 Å². The highest BCUT2D eigenvalue weighted by molar-refractivity contribution is 5.83. The number of fused-ring (bicyclic) bond motifs is 7. The lowest BCUT2D eigenvalue weighted by Gasteiger charge is -2.60. The molecule has 0 aromatic heterocycles. The first kappa shape index (κ1) is 24.8. The van der Waals surface area contributed by atoms with E-state index in [2.05, 4.69) is 20.8 Å². The summed E-state index contributed by atoms with van der Waals surface area (Å²) in [6.45, 7) is 12.4. The van der Waals surface area contributed by atoms with E-state index in [1.807, 2.05) is 13.8 Å². The Hall–Kier alpha value is -0.530. The van der Waals surface area contributed by atoms with Gasteiger partial charge in [0.25, 0.3) is 0 Å². The van der Waals surface area contributed by atoms with Crippen molar-refractivity contribution in [3.05, 3.63) is 0 Å². The predicted molar refractivity (Wildman–Crippen MR) is 130 cm³/mol. The summed E-state index contributed by atoms with van der Waals surface area (Å²) in [6, 6.07) is 0. The Morgan fingerprint density at radius 3 is 2.34 bits per heavy atom. The zero-order valence-corrected chi connectivity index (χ0v) is 22.4. The van der Waals surface area contributed by atoms with Gasteiger partial charge in [-0.3, -0.25) is 4.79 Å². The average Bonchev–Trinajstić information content (AvgIpc) is 3.27. The number of ether oxygens (including phenoxy) is 2. The van der Waals surface area contributed by atoms with Crippen molar-refractivity contribution in [3.63, 3.8) is 0 Å². The van der Waals surface area contributed by atoms with E-state index in [-0.39, 0.29) is 53.1 Å². The van der Waals surface area contributed by atoms with Crippen LogP contribution in [0.15, 0.2) is 0 Å². The van der Waals surface area contributed by atoms with E-state index in [0.717, 1.165) is 38.5 Å². The Kier molecular flexibility index (Phi) is 5.18. The molecule has 6 fully saturated rings. The zero-order valence-electron chi connectivity index (χ0n) is 22.4. The normalized spacial score (nSPS) is 61.6. The van der Waals surface area contributed by atoms with Crippen LogP contribution in [0.3, 0.4) is 0 Å². The van der Waals surface area contributed by atoms with Gasteiger partial charge in [-0.15, -0.1) is 0 Å². The van der Waals surface area contributed by atoms with E-state index in [9.17, 15) is 20.1 Å². The van der Waals surface area contributed by atoms with E-state index in [0.29, 0.717) is 30.0 Å². The fraction of sp³-hybridized carbons (Fsp3) is 0.966. The van der Waals surface area contributed by atoms with Crippen molar-refractivity contribution in [1.29, 1.82) is 0 Å². The van der Waals surface area contributed by atoms with Crippen LogP contribution in [0.25, 0.3) is 0 Å². The lowest BCUT2D eigenvalue weighted by Crippen LogP contribution is -2.57. The van der Waals surface area contributed by atoms with Gasteiger partial charge in [-0.25, -0.2) is 0 Å². The van der Waals surface area contributed by atoms with Gasteiger partial charge < -0.3 is 24.8 Å². The summed E-state index contributed by atoms with van der Waals surface area (Å²) < 4.78 is 13.0. The second-order valence-corrected chi connectivity index (χ2v) is 14.4. The zero-order chi connectivity index (χ0) is 25.3. The van der Waals surface area contributed by atoms with Crippen LogP contribution in [0, 0.1) is 52.3 Å². The first-order valence-electron chi connectivity index (χ1n) is 14.2. The van der Waals surface area contributed by atoms with Crippen LogP contribution in [0.2, 0.25) is 0 Å². The number of aliphatic hydroxyl groups excluding tert-OH is 1. The maximum Gasteiger partial charge on any atom is 0.195 e. The van der Waals surface area contributed by atoms with Crippen molar-refractivity contribution in [2.75, 3.05) is 0 Å². The van der Waals surface area contributed by atoms with E-state index < -0.39 is 17.2 Å². The molecule has 0 radical (unpaired) electrons. The quantitative estimate of drug-likeness (QED) is 0.513. The molecule has 35 heavy (non-hydrogen) atoms. The standard InChI is InChI=1S/C29H46O6/c1-15(2)28(33)14-29(35-27(28,6)32)16(3)24-22(34-29)13-20-23-19(8-10-26(20,24)5)25(4)9-7-18(30)11-17(25)12-21(23)31/h15-20,22-24,30,32-33H,7-14H2,1-6H3/t16-,17?,18-,19-,20-,22-,23+,24?,25-,26-,27+,28-,29-/m0/s1. The minimum atomic E-state index is -1.67. The van der Waals surface area contributed by atoms with Gasteiger partial charge >= 0.3 is 0 Å². The third kappa shape index (κ3) is 2.98. The summed E-state index contributed by atoms with van der Waals surface area (Å²) >= 11 is 0. The Balaban J connectivity index is 1.30. The second kappa shape index (κ2) is 7.31. The molecular formula is C29H46O6. The van der Waals surface area contributed by atoms with E-state index in [1.54, 1.807) is 6.92 Å². The lowest BCUT2D eigenvalue weighted by molar-refractivity contribution is -0.326. The number of carbonyl (C=O) groups excluding carboxylic acids is 1. The molecule has 13 atom stereocenters. The molecule has 198 valence electrons. The van der Waals surface area contributed by atoms with Gasteiger partial charge in [0.1, 0.15) is 11.4 Å². The summed E-state index contributed by atoms with van der Waals surface area (Å²) in [5, 5.41) is 32.9. The van der Waals surface area contributed by atoms with Gasteiger partial charge in [0, 0.05) is 24.7 Å². The number of hydrogen-bond acceptors (Lipinski definition) is 6. The molecule has 0 aromatic carbocycles. The SMILES string of the molecule is CC(C)[C@@]1(O)C[C@]2(O[C@H]3C[C@H]4[C@@H]5C(=O)CC6C[C@@H](O)CC[C@]6(C)[C@H]5CC[C@]4(C)C3[C@@H]2C)O[C@@]1(C)O. The Morgan fingerprint density at radius 1 is 1.00 bits per heavy atom.